The van der Waals surface area contributed by atoms with E-state index in [1.54, 1.807) is 0 Å². The second-order valence-corrected chi connectivity index (χ2v) is 11.2. The topological polar surface area (TPSA) is 132 Å². The van der Waals surface area contributed by atoms with Crippen LogP contribution in [0.5, 0.6) is 0 Å². The highest BCUT2D eigenvalue weighted by molar-refractivity contribution is 7.72. The Labute approximate surface area is 194 Å². The second kappa shape index (κ2) is 17.5. The van der Waals surface area contributed by atoms with Crippen LogP contribution in [0.4, 0.5) is 0 Å². The first kappa shape index (κ1) is 31.1. The van der Waals surface area contributed by atoms with Gasteiger partial charge in [0.15, 0.2) is 11.7 Å². The minimum atomic E-state index is -4.18. The van der Waals surface area contributed by atoms with Crippen LogP contribution in [-0.4, -0.2) is 56.5 Å². The lowest BCUT2D eigenvalue weighted by Gasteiger charge is -2.31. The zero-order valence-corrected chi connectivity index (χ0v) is 20.4. The van der Waals surface area contributed by atoms with Crippen molar-refractivity contribution >= 4 is 33.2 Å². The molecule has 0 radical (unpaired) electrons. The molecule has 0 unspecified atom stereocenters. The van der Waals surface area contributed by atoms with Gasteiger partial charge in [-0.05, 0) is 6.42 Å². The number of carbonyl (C=O) groups is 3. The van der Waals surface area contributed by atoms with E-state index in [0.29, 0.717) is 6.29 Å². The monoisotopic (exact) mass is 506 g/mol. The Bertz CT molecular complexity index is 703. The molecule has 0 aromatic heterocycles. The molecular weight excluding hydrogens is 474 g/mol. The van der Waals surface area contributed by atoms with E-state index in [1.807, 2.05) is 0 Å². The number of rotatable bonds is 22. The average molecular weight is 506 g/mol. The third kappa shape index (κ3) is 12.2. The van der Waals surface area contributed by atoms with Gasteiger partial charge in [-0.2, -0.15) is 0 Å². The van der Waals surface area contributed by atoms with Gasteiger partial charge in [-0.3, -0.25) is 23.5 Å². The highest BCUT2D eigenvalue weighted by atomic mass is 31.2. The first-order valence-electron chi connectivity index (χ1n) is 10.0. The predicted molar refractivity (Wildman–Crippen MR) is 124 cm³/mol. The van der Waals surface area contributed by atoms with Gasteiger partial charge in [0.1, 0.15) is 12.4 Å². The Balaban J connectivity index is 5.79. The molecule has 0 aliphatic rings. The molecule has 0 fully saturated rings. The number of aldehydes is 1. The summed E-state index contributed by atoms with van der Waals surface area (Å²) in [5.74, 6) is -1.11. The van der Waals surface area contributed by atoms with Gasteiger partial charge < -0.3 is 22.8 Å². The van der Waals surface area contributed by atoms with Crippen molar-refractivity contribution in [3.63, 3.8) is 0 Å². The number of hydrogen-bond acceptors (Lipinski definition) is 10. The van der Waals surface area contributed by atoms with Crippen molar-refractivity contribution in [3.8, 4) is 0 Å². The molecule has 0 heterocycles. The van der Waals surface area contributed by atoms with Crippen LogP contribution in [-0.2, 0) is 46.3 Å². The minimum Gasteiger partial charge on any atom is -0.458 e. The third-order valence-electron chi connectivity index (χ3n) is 3.82. The molecule has 0 N–H and O–H groups in total. The van der Waals surface area contributed by atoms with E-state index < -0.39 is 39.0 Å². The van der Waals surface area contributed by atoms with Crippen molar-refractivity contribution in [1.29, 1.82) is 0 Å². The first-order chi connectivity index (χ1) is 15.7. The van der Waals surface area contributed by atoms with E-state index in [2.05, 4.69) is 31.1 Å². The summed E-state index contributed by atoms with van der Waals surface area (Å²) in [6.45, 7) is 12.8. The van der Waals surface area contributed by atoms with Crippen molar-refractivity contribution < 1.29 is 46.3 Å². The number of Topliss-reactive ketones (excluding diaryl/α,β-unsaturated/α-hetero) is 1. The van der Waals surface area contributed by atoms with Crippen molar-refractivity contribution in [2.24, 2.45) is 0 Å². The molecule has 186 valence electrons. The maximum absolute atomic E-state index is 13.7. The molecule has 0 spiro atoms. The summed E-state index contributed by atoms with van der Waals surface area (Å²) in [6.07, 6.45) is 4.82. The van der Waals surface area contributed by atoms with Crippen molar-refractivity contribution in [2.75, 3.05) is 33.0 Å². The van der Waals surface area contributed by atoms with Crippen molar-refractivity contribution in [1.82, 2.24) is 0 Å². The number of esters is 1. The van der Waals surface area contributed by atoms with Crippen LogP contribution in [0.25, 0.3) is 0 Å². The fraction of sp³-hybridized carbons (Fsp3) is 0.476. The van der Waals surface area contributed by atoms with Crippen LogP contribution in [0.15, 0.2) is 50.6 Å². The molecule has 0 aromatic rings. The van der Waals surface area contributed by atoms with E-state index in [1.165, 1.54) is 24.3 Å². The van der Waals surface area contributed by atoms with Crippen LogP contribution in [0.1, 0.15) is 25.7 Å². The van der Waals surface area contributed by atoms with Gasteiger partial charge in [-0.15, -0.1) is 26.3 Å². The average Bonchev–Trinajstić information content (AvgIpc) is 2.81. The molecule has 0 aromatic carbocycles. The lowest BCUT2D eigenvalue weighted by molar-refractivity contribution is -0.146. The molecular formula is C21H32O10P2. The summed E-state index contributed by atoms with van der Waals surface area (Å²) < 4.78 is 53.5. The largest absolute Gasteiger partial charge is 0.458 e. The number of carbonyl (C=O) groups excluding carboxylic acids is 3. The van der Waals surface area contributed by atoms with Crippen LogP contribution in [0.3, 0.4) is 0 Å². The third-order valence-corrected chi connectivity index (χ3v) is 9.53. The Kier molecular flexibility index (Phi) is 16.5. The fourth-order valence-corrected chi connectivity index (χ4v) is 7.56. The van der Waals surface area contributed by atoms with Crippen molar-refractivity contribution in [3.05, 3.63) is 50.6 Å². The van der Waals surface area contributed by atoms with E-state index in [9.17, 15) is 23.5 Å². The smallest absolute Gasteiger partial charge is 0.346 e. The normalized spacial score (nSPS) is 11.5. The minimum absolute atomic E-state index is 0.190. The van der Waals surface area contributed by atoms with E-state index in [4.69, 9.17) is 18.1 Å². The zero-order valence-electron chi connectivity index (χ0n) is 18.6. The highest BCUT2D eigenvalue weighted by Crippen LogP contribution is 2.71. The molecule has 0 saturated carbocycles. The molecule has 0 rings (SSSR count). The molecule has 12 heteroatoms. The summed E-state index contributed by atoms with van der Waals surface area (Å²) in [5, 5.41) is -1.46. The lowest BCUT2D eigenvalue weighted by atomic mass is 10.1. The lowest BCUT2D eigenvalue weighted by Crippen LogP contribution is -2.19. The van der Waals surface area contributed by atoms with E-state index in [0.717, 1.165) is 0 Å². The fourth-order valence-electron chi connectivity index (χ4n) is 2.39. The van der Waals surface area contributed by atoms with Gasteiger partial charge in [0.25, 0.3) is 0 Å². The summed E-state index contributed by atoms with van der Waals surface area (Å²) in [4.78, 5) is 34.1. The summed E-state index contributed by atoms with van der Waals surface area (Å²) >= 11 is 0. The van der Waals surface area contributed by atoms with Crippen molar-refractivity contribution in [2.45, 2.75) is 31.1 Å². The maximum Gasteiger partial charge on any atom is 0.346 e. The molecule has 33 heavy (non-hydrogen) atoms. The molecule has 0 atom stereocenters. The summed E-state index contributed by atoms with van der Waals surface area (Å²) in [6, 6.07) is 0. The first-order valence-corrected chi connectivity index (χ1v) is 13.3. The van der Waals surface area contributed by atoms with Crippen LogP contribution in [0.2, 0.25) is 0 Å². The Hall–Kier alpha value is -1.93. The van der Waals surface area contributed by atoms with Gasteiger partial charge in [-0.25, -0.2) is 0 Å². The van der Waals surface area contributed by atoms with Gasteiger partial charge >= 0.3 is 21.2 Å². The Morgan fingerprint density at radius 3 is 1.48 bits per heavy atom. The summed E-state index contributed by atoms with van der Waals surface area (Å²) in [7, 11) is -8.36. The predicted octanol–water partition coefficient (Wildman–Crippen LogP) is 4.38. The van der Waals surface area contributed by atoms with Gasteiger partial charge in [-0.1, -0.05) is 24.3 Å². The summed E-state index contributed by atoms with van der Waals surface area (Å²) in [5.41, 5.74) is 0. The standard InChI is InChI=1S/C21H32O10P2/c1-5-14-28-32(25,29-15-6-2)21(33(26,30-16-7-3)31-17-8-4)12-10-19(23)9-11-20(24)27-18-13-22/h5-8,13,21H,1-4,9-12,14-18H2. The molecule has 0 bridgehead atoms. The van der Waals surface area contributed by atoms with E-state index in [-0.39, 0.29) is 52.1 Å². The Morgan fingerprint density at radius 2 is 1.12 bits per heavy atom. The molecule has 0 amide bonds. The SMILES string of the molecule is C=CCOP(=O)(OCC=C)C(CCC(=O)CCC(=O)OCC=O)P(=O)(OCC=C)OCC=C. The number of hydrogen-bond donors (Lipinski definition) is 0. The van der Waals surface area contributed by atoms with Gasteiger partial charge in [0.05, 0.1) is 32.8 Å². The van der Waals surface area contributed by atoms with Gasteiger partial charge in [0.2, 0.25) is 0 Å². The zero-order chi connectivity index (χ0) is 25.2. The van der Waals surface area contributed by atoms with Crippen LogP contribution >= 0.6 is 15.2 Å². The van der Waals surface area contributed by atoms with Crippen LogP contribution < -0.4 is 0 Å². The van der Waals surface area contributed by atoms with Gasteiger partial charge in [0, 0.05) is 12.8 Å². The molecule has 0 aliphatic carbocycles. The Morgan fingerprint density at radius 1 is 0.697 bits per heavy atom. The molecule has 0 aliphatic heterocycles. The second-order valence-electron chi connectivity index (χ2n) is 6.33. The number of ether oxygens (including phenoxy) is 1. The molecule has 10 nitrogen and oxygen atoms in total. The quantitative estimate of drug-likeness (QED) is 0.0902. The number of ketones is 1. The molecule has 0 saturated heterocycles. The van der Waals surface area contributed by atoms with E-state index >= 15 is 0 Å². The highest BCUT2D eigenvalue weighted by Gasteiger charge is 2.50. The van der Waals surface area contributed by atoms with Crippen LogP contribution in [0, 0.1) is 0 Å². The maximum atomic E-state index is 13.7.